The lowest BCUT2D eigenvalue weighted by molar-refractivity contribution is -0.122. The topological polar surface area (TPSA) is 64.6 Å². The fourth-order valence-corrected chi connectivity index (χ4v) is 4.06. The van der Waals surface area contributed by atoms with Gasteiger partial charge < -0.3 is 14.8 Å². The van der Waals surface area contributed by atoms with Crippen molar-refractivity contribution < 1.29 is 19.1 Å². The summed E-state index contributed by atoms with van der Waals surface area (Å²) >= 11 is 1.46. The molecule has 1 N–H and O–H groups in total. The van der Waals surface area contributed by atoms with Crippen LogP contribution < -0.4 is 10.1 Å². The summed E-state index contributed by atoms with van der Waals surface area (Å²) in [6, 6.07) is 9.17. The number of nitrogens with one attached hydrogen (secondary N) is 1. The van der Waals surface area contributed by atoms with E-state index in [-0.39, 0.29) is 5.91 Å². The van der Waals surface area contributed by atoms with Gasteiger partial charge in [0, 0.05) is 4.88 Å². The summed E-state index contributed by atoms with van der Waals surface area (Å²) in [5.74, 6) is -0.0627. The van der Waals surface area contributed by atoms with Gasteiger partial charge in [0.1, 0.15) is 10.8 Å². The molecule has 0 saturated carbocycles. The first-order chi connectivity index (χ1) is 11.6. The van der Waals surface area contributed by atoms with E-state index in [1.807, 2.05) is 18.2 Å². The minimum absolute atomic E-state index is 0.288. The van der Waals surface area contributed by atoms with Crippen molar-refractivity contribution in [2.24, 2.45) is 0 Å². The maximum atomic E-state index is 12.4. The minimum atomic E-state index is -0.671. The number of methoxy groups -OCH3 is 1. The van der Waals surface area contributed by atoms with E-state index in [0.717, 1.165) is 29.7 Å². The van der Waals surface area contributed by atoms with E-state index in [9.17, 15) is 9.59 Å². The Morgan fingerprint density at radius 1 is 1.21 bits per heavy atom. The molecule has 24 heavy (non-hydrogen) atoms. The normalized spacial score (nSPS) is 13.9. The highest BCUT2D eigenvalue weighted by atomic mass is 32.1. The van der Waals surface area contributed by atoms with E-state index >= 15 is 0 Å². The highest BCUT2D eigenvalue weighted by molar-refractivity contribution is 7.17. The summed E-state index contributed by atoms with van der Waals surface area (Å²) in [6.07, 6.45) is 2.15. The second-order valence-corrected chi connectivity index (χ2v) is 6.72. The summed E-state index contributed by atoms with van der Waals surface area (Å²) < 4.78 is 10.5. The number of esters is 1. The predicted octanol–water partition coefficient (Wildman–Crippen LogP) is 3.43. The summed E-state index contributed by atoms with van der Waals surface area (Å²) in [7, 11) is 1.36. The van der Waals surface area contributed by atoms with Crippen LogP contribution in [0.15, 0.2) is 30.3 Å². The van der Waals surface area contributed by atoms with E-state index in [4.69, 9.17) is 9.47 Å². The Morgan fingerprint density at radius 3 is 2.67 bits per heavy atom. The zero-order chi connectivity index (χ0) is 17.1. The van der Waals surface area contributed by atoms with Gasteiger partial charge in [0.15, 0.2) is 6.10 Å². The van der Waals surface area contributed by atoms with Crippen LogP contribution in [0.3, 0.4) is 0 Å². The zero-order valence-corrected chi connectivity index (χ0v) is 14.4. The molecule has 1 aromatic carbocycles. The molecule has 0 unspecified atom stereocenters. The minimum Gasteiger partial charge on any atom is -0.481 e. The molecule has 0 bridgehead atoms. The maximum absolute atomic E-state index is 12.4. The quantitative estimate of drug-likeness (QED) is 0.843. The standard InChI is InChI=1S/C18H19NO4S/c1-11(23-12-7-4-3-5-8-12)16(20)19-17-15(18(21)22-2)13-9-6-10-14(13)24-17/h3-5,7-8,11H,6,9-10H2,1-2H3,(H,19,20)/t11-/m1/s1. The highest BCUT2D eigenvalue weighted by Crippen LogP contribution is 2.39. The number of rotatable bonds is 5. The number of aryl methyl sites for hydroxylation is 1. The van der Waals surface area contributed by atoms with Crippen molar-refractivity contribution in [1.29, 1.82) is 0 Å². The van der Waals surface area contributed by atoms with Crippen molar-refractivity contribution in [2.75, 3.05) is 12.4 Å². The van der Waals surface area contributed by atoms with Gasteiger partial charge in [0.25, 0.3) is 5.91 Å². The van der Waals surface area contributed by atoms with Crippen LogP contribution in [0.1, 0.15) is 34.1 Å². The SMILES string of the molecule is COC(=O)c1c(NC(=O)[C@@H](C)Oc2ccccc2)sc2c1CCC2. The van der Waals surface area contributed by atoms with E-state index < -0.39 is 12.1 Å². The number of para-hydroxylation sites is 1. The van der Waals surface area contributed by atoms with Gasteiger partial charge in [0.05, 0.1) is 12.7 Å². The molecule has 1 atom stereocenters. The Kier molecular flexibility index (Phi) is 4.85. The van der Waals surface area contributed by atoms with Gasteiger partial charge in [-0.05, 0) is 43.9 Å². The zero-order valence-electron chi connectivity index (χ0n) is 13.6. The second-order valence-electron chi connectivity index (χ2n) is 5.62. The number of anilines is 1. The third-order valence-corrected chi connectivity index (χ3v) is 5.18. The molecule has 3 rings (SSSR count). The maximum Gasteiger partial charge on any atom is 0.341 e. The summed E-state index contributed by atoms with van der Waals surface area (Å²) in [4.78, 5) is 25.7. The van der Waals surface area contributed by atoms with E-state index in [1.54, 1.807) is 19.1 Å². The van der Waals surface area contributed by atoms with Crippen molar-refractivity contribution in [3.8, 4) is 5.75 Å². The molecule has 0 aliphatic heterocycles. The first-order valence-electron chi connectivity index (χ1n) is 7.85. The van der Waals surface area contributed by atoms with Gasteiger partial charge in [-0.15, -0.1) is 11.3 Å². The van der Waals surface area contributed by atoms with Crippen LogP contribution in [-0.4, -0.2) is 25.1 Å². The number of benzene rings is 1. The van der Waals surface area contributed by atoms with E-state index in [0.29, 0.717) is 16.3 Å². The lowest BCUT2D eigenvalue weighted by Crippen LogP contribution is -2.30. The van der Waals surface area contributed by atoms with Crippen molar-refractivity contribution in [1.82, 2.24) is 0 Å². The Balaban J connectivity index is 1.76. The molecule has 0 fully saturated rings. The fraction of sp³-hybridized carbons (Fsp3) is 0.333. The van der Waals surface area contributed by atoms with Crippen LogP contribution in [0.4, 0.5) is 5.00 Å². The van der Waals surface area contributed by atoms with Gasteiger partial charge in [-0.25, -0.2) is 4.79 Å². The number of thiophene rings is 1. The molecular weight excluding hydrogens is 326 g/mol. The third-order valence-electron chi connectivity index (χ3n) is 3.97. The Hall–Kier alpha value is -2.34. The largest absolute Gasteiger partial charge is 0.481 e. The van der Waals surface area contributed by atoms with Crippen LogP contribution >= 0.6 is 11.3 Å². The molecular formula is C18H19NO4S. The Bertz CT molecular complexity index is 754. The number of amides is 1. The molecule has 1 aliphatic carbocycles. The fourth-order valence-electron chi connectivity index (χ4n) is 2.78. The average Bonchev–Trinajstić information content (AvgIpc) is 3.15. The van der Waals surface area contributed by atoms with Crippen molar-refractivity contribution in [3.63, 3.8) is 0 Å². The van der Waals surface area contributed by atoms with Gasteiger partial charge >= 0.3 is 5.97 Å². The third kappa shape index (κ3) is 3.28. The summed E-state index contributed by atoms with van der Waals surface area (Å²) in [6.45, 7) is 1.68. The number of hydrogen-bond donors (Lipinski definition) is 1. The van der Waals surface area contributed by atoms with Crippen LogP contribution in [0.25, 0.3) is 0 Å². The average molecular weight is 345 g/mol. The molecule has 2 aromatic rings. The first kappa shape index (κ1) is 16.5. The van der Waals surface area contributed by atoms with Gasteiger partial charge in [0.2, 0.25) is 0 Å². The Morgan fingerprint density at radius 2 is 1.96 bits per heavy atom. The molecule has 1 aromatic heterocycles. The molecule has 6 heteroatoms. The first-order valence-corrected chi connectivity index (χ1v) is 8.67. The summed E-state index contributed by atoms with van der Waals surface area (Å²) in [5, 5.41) is 3.38. The molecule has 1 aliphatic rings. The molecule has 1 heterocycles. The monoisotopic (exact) mass is 345 g/mol. The molecule has 126 valence electrons. The van der Waals surface area contributed by atoms with E-state index in [1.165, 1.54) is 18.4 Å². The smallest absolute Gasteiger partial charge is 0.341 e. The van der Waals surface area contributed by atoms with E-state index in [2.05, 4.69) is 5.32 Å². The Labute approximate surface area is 144 Å². The summed E-state index contributed by atoms with van der Waals surface area (Å²) in [5.41, 5.74) is 1.51. The second kappa shape index (κ2) is 7.05. The molecule has 0 saturated heterocycles. The van der Waals surface area contributed by atoms with Gasteiger partial charge in [-0.3, -0.25) is 4.79 Å². The number of carbonyl (C=O) groups excluding carboxylic acids is 2. The molecule has 0 radical (unpaired) electrons. The molecule has 0 spiro atoms. The van der Waals surface area contributed by atoms with Gasteiger partial charge in [-0.2, -0.15) is 0 Å². The van der Waals surface area contributed by atoms with Crippen LogP contribution in [0.2, 0.25) is 0 Å². The van der Waals surface area contributed by atoms with Crippen molar-refractivity contribution in [3.05, 3.63) is 46.3 Å². The lowest BCUT2D eigenvalue weighted by Gasteiger charge is -2.14. The number of hydrogen-bond acceptors (Lipinski definition) is 5. The number of fused-ring (bicyclic) bond motifs is 1. The predicted molar refractivity (Wildman–Crippen MR) is 92.8 cm³/mol. The van der Waals surface area contributed by atoms with Crippen molar-refractivity contribution >= 4 is 28.2 Å². The molecule has 5 nitrogen and oxygen atoms in total. The van der Waals surface area contributed by atoms with Gasteiger partial charge in [-0.1, -0.05) is 18.2 Å². The molecule has 1 amide bonds. The number of carbonyl (C=O) groups is 2. The van der Waals surface area contributed by atoms with Crippen LogP contribution in [-0.2, 0) is 22.4 Å². The lowest BCUT2D eigenvalue weighted by atomic mass is 10.1. The van der Waals surface area contributed by atoms with Crippen molar-refractivity contribution in [2.45, 2.75) is 32.3 Å². The number of ether oxygens (including phenoxy) is 2. The van der Waals surface area contributed by atoms with Crippen LogP contribution in [0.5, 0.6) is 5.75 Å². The van der Waals surface area contributed by atoms with Crippen LogP contribution in [0, 0.1) is 0 Å². The highest BCUT2D eigenvalue weighted by Gasteiger charge is 2.29.